The van der Waals surface area contributed by atoms with E-state index in [1.807, 2.05) is 0 Å². The molecule has 1 nitrogen and oxygen atoms in total. The topological polar surface area (TPSA) is 12.4 Å². The highest BCUT2D eigenvalue weighted by molar-refractivity contribution is 9.10. The van der Waals surface area contributed by atoms with Crippen molar-refractivity contribution < 1.29 is 34.1 Å². The molecule has 0 saturated carbocycles. The van der Waals surface area contributed by atoms with Gasteiger partial charge in [-0.15, -0.1) is 12.1 Å². The van der Waals surface area contributed by atoms with E-state index in [0.29, 0.717) is 0 Å². The summed E-state index contributed by atoms with van der Waals surface area (Å²) in [6, 6.07) is -5.59. The van der Waals surface area contributed by atoms with Gasteiger partial charge in [0, 0.05) is 0 Å². The predicted octanol–water partition coefficient (Wildman–Crippen LogP) is 3.77. The monoisotopic (exact) mass is 313 g/mol. The van der Waals surface area contributed by atoms with Crippen molar-refractivity contribution in [2.24, 2.45) is 4.36 Å². The third-order valence-corrected chi connectivity index (χ3v) is 2.21. The third-order valence-electron chi connectivity index (χ3n) is 0.917. The fraction of sp³-hybridized carbons (Fsp3) is 1.00. The fourth-order valence-electron chi connectivity index (χ4n) is 0.315. The Hall–Kier alpha value is 0.0700. The first-order chi connectivity index (χ1) is 5.92. The summed E-state index contributed by atoms with van der Waals surface area (Å²) in [6.07, 6.45) is -6.06. The summed E-state index contributed by atoms with van der Waals surface area (Å²) in [4.78, 5) is 0. The van der Waals surface area contributed by atoms with E-state index < -0.39 is 28.3 Å². The first kappa shape index (κ1) is 14.1. The number of halogens is 9. The van der Waals surface area contributed by atoms with E-state index in [1.54, 1.807) is 0 Å². The molecule has 0 fully saturated rings. The van der Waals surface area contributed by atoms with Gasteiger partial charge in [0.1, 0.15) is 0 Å². The van der Waals surface area contributed by atoms with Crippen LogP contribution in [-0.2, 0) is 11.5 Å². The van der Waals surface area contributed by atoms with Crippen molar-refractivity contribution in [1.82, 2.24) is 0 Å². The second-order valence-corrected chi connectivity index (χ2v) is 3.57. The number of hydrogen-bond acceptors (Lipinski definition) is 1. The first-order valence-corrected chi connectivity index (χ1v) is 4.31. The smallest absolute Gasteiger partial charge is 0.212 e. The molecule has 1 atom stereocenters. The third kappa shape index (κ3) is 2.78. The molecule has 0 aromatic rings. The lowest BCUT2D eigenvalue weighted by atomic mass is 10.3. The average Bonchev–Trinajstić information content (AvgIpc) is 1.80. The SMILES string of the molecule is FS(F)=NC(F)(F)C(F)(Br)C(F)(F)F. The van der Waals surface area contributed by atoms with Gasteiger partial charge in [0.2, 0.25) is 0 Å². The van der Waals surface area contributed by atoms with Crippen molar-refractivity contribution in [3.05, 3.63) is 0 Å². The Morgan fingerprint density at radius 2 is 1.29 bits per heavy atom. The van der Waals surface area contributed by atoms with Crippen LogP contribution in [0.3, 0.4) is 0 Å². The quantitative estimate of drug-likeness (QED) is 0.418. The van der Waals surface area contributed by atoms with Crippen molar-refractivity contribution >= 4 is 27.4 Å². The molecule has 0 N–H and O–H groups in total. The van der Waals surface area contributed by atoms with Crippen LogP contribution in [0.25, 0.3) is 0 Å². The Morgan fingerprint density at radius 3 is 1.50 bits per heavy atom. The van der Waals surface area contributed by atoms with Gasteiger partial charge in [-0.25, -0.2) is 4.39 Å². The van der Waals surface area contributed by atoms with Crippen LogP contribution in [0.2, 0.25) is 0 Å². The van der Waals surface area contributed by atoms with Crippen LogP contribution in [-0.4, -0.2) is 16.8 Å². The van der Waals surface area contributed by atoms with Gasteiger partial charge >= 0.3 is 16.8 Å². The van der Waals surface area contributed by atoms with Crippen molar-refractivity contribution in [2.45, 2.75) is 16.8 Å². The standard InChI is InChI=1S/C3BrF8NS/c4-1(5,2(6,7)8)3(9,10)13-14(11)12. The average molecular weight is 314 g/mol. The number of nitrogens with zero attached hydrogens (tertiary/aromatic N) is 1. The molecule has 0 aromatic carbocycles. The second kappa shape index (κ2) is 3.91. The van der Waals surface area contributed by atoms with E-state index in [4.69, 9.17) is 0 Å². The van der Waals surface area contributed by atoms with E-state index in [-0.39, 0.29) is 0 Å². The highest BCUT2D eigenvalue weighted by Crippen LogP contribution is 2.50. The summed E-state index contributed by atoms with van der Waals surface area (Å²) < 4.78 is 89.7. The van der Waals surface area contributed by atoms with Gasteiger partial charge < -0.3 is 0 Å². The van der Waals surface area contributed by atoms with Gasteiger partial charge in [0.05, 0.1) is 0 Å². The van der Waals surface area contributed by atoms with E-state index in [9.17, 15) is 34.1 Å². The molecule has 0 aliphatic carbocycles. The van der Waals surface area contributed by atoms with Gasteiger partial charge in [0.15, 0.2) is 0 Å². The van der Waals surface area contributed by atoms with E-state index in [1.165, 1.54) is 0 Å². The molecular weight excluding hydrogens is 314 g/mol. The number of hydrogen-bond donors (Lipinski definition) is 0. The molecule has 0 saturated heterocycles. The Balaban J connectivity index is 5.18. The first-order valence-electron chi connectivity index (χ1n) is 2.54. The molecule has 0 radical (unpaired) electrons. The predicted molar refractivity (Wildman–Crippen MR) is 35.8 cm³/mol. The Labute approximate surface area is 83.3 Å². The van der Waals surface area contributed by atoms with Crippen LogP contribution in [0.5, 0.6) is 0 Å². The van der Waals surface area contributed by atoms with Crippen molar-refractivity contribution in [2.75, 3.05) is 0 Å². The summed E-state index contributed by atoms with van der Waals surface area (Å²) >= 11 is -3.37. The summed E-state index contributed by atoms with van der Waals surface area (Å²) in [7, 11) is 0. The maximum absolute atomic E-state index is 12.4. The molecule has 0 aliphatic heterocycles. The van der Waals surface area contributed by atoms with Crippen LogP contribution in [0.1, 0.15) is 0 Å². The lowest BCUT2D eigenvalue weighted by Crippen LogP contribution is -2.49. The summed E-state index contributed by atoms with van der Waals surface area (Å²) in [5.74, 6) is 0. The minimum Gasteiger partial charge on any atom is -0.212 e. The Bertz CT molecular complexity index is 241. The second-order valence-electron chi connectivity index (χ2n) is 1.90. The van der Waals surface area contributed by atoms with Gasteiger partial charge in [-0.1, -0.05) is 0 Å². The van der Waals surface area contributed by atoms with Gasteiger partial charge in [0.25, 0.3) is 11.5 Å². The molecule has 0 aromatic heterocycles. The molecule has 11 heteroatoms. The maximum atomic E-state index is 12.4. The lowest BCUT2D eigenvalue weighted by molar-refractivity contribution is -0.255. The zero-order valence-corrected chi connectivity index (χ0v) is 8.16. The highest BCUT2D eigenvalue weighted by Gasteiger charge is 2.71. The van der Waals surface area contributed by atoms with Crippen molar-refractivity contribution in [3.8, 4) is 0 Å². The fourth-order valence-corrected chi connectivity index (χ4v) is 0.820. The van der Waals surface area contributed by atoms with Crippen LogP contribution >= 0.6 is 15.9 Å². The normalized spacial score (nSPS) is 18.1. The van der Waals surface area contributed by atoms with E-state index in [2.05, 4.69) is 0 Å². The molecule has 86 valence electrons. The van der Waals surface area contributed by atoms with Crippen LogP contribution in [0, 0.1) is 0 Å². The zero-order valence-electron chi connectivity index (χ0n) is 5.76. The van der Waals surface area contributed by atoms with Crippen molar-refractivity contribution in [1.29, 1.82) is 0 Å². The maximum Gasteiger partial charge on any atom is 0.441 e. The summed E-state index contributed by atoms with van der Waals surface area (Å²) in [6.45, 7) is 0. The van der Waals surface area contributed by atoms with Crippen LogP contribution in [0.15, 0.2) is 4.36 Å². The van der Waals surface area contributed by atoms with Gasteiger partial charge in [-0.2, -0.15) is 22.0 Å². The molecule has 1 unspecified atom stereocenters. The number of rotatable bonds is 2. The molecular formula is C3BrF8NS. The molecule has 0 spiro atoms. The molecule has 0 heterocycles. The minimum absolute atomic E-state index is 0.988. The molecule has 0 rings (SSSR count). The number of alkyl halides is 7. The molecule has 0 amide bonds. The summed E-state index contributed by atoms with van der Waals surface area (Å²) in [5.41, 5.74) is 0. The lowest BCUT2D eigenvalue weighted by Gasteiger charge is -2.26. The Kier molecular flexibility index (Phi) is 3.93. The van der Waals surface area contributed by atoms with Crippen molar-refractivity contribution in [3.63, 3.8) is 0 Å². The van der Waals surface area contributed by atoms with E-state index in [0.717, 1.165) is 20.3 Å². The minimum atomic E-state index is -6.06. The molecule has 14 heavy (non-hydrogen) atoms. The summed E-state index contributed by atoms with van der Waals surface area (Å²) in [5, 5.41) is 0. The van der Waals surface area contributed by atoms with Gasteiger partial charge in [-0.05, 0) is 15.9 Å². The van der Waals surface area contributed by atoms with E-state index >= 15 is 0 Å². The Morgan fingerprint density at radius 1 is 0.929 bits per heavy atom. The zero-order chi connectivity index (χ0) is 11.8. The van der Waals surface area contributed by atoms with Crippen LogP contribution < -0.4 is 0 Å². The molecule has 0 aliphatic rings. The van der Waals surface area contributed by atoms with Crippen LogP contribution in [0.4, 0.5) is 34.1 Å². The highest BCUT2D eigenvalue weighted by atomic mass is 79.9. The molecule has 0 bridgehead atoms. The largest absolute Gasteiger partial charge is 0.441 e. The van der Waals surface area contributed by atoms with Gasteiger partial charge in [-0.3, -0.25) is 0 Å².